The Morgan fingerprint density at radius 2 is 1.89 bits per heavy atom. The Balaban J connectivity index is 2.32. The number of hydrogen-bond acceptors (Lipinski definition) is 4. The fourth-order valence-corrected chi connectivity index (χ4v) is 2.31. The highest BCUT2D eigenvalue weighted by Gasteiger charge is 2.45. The molecule has 1 saturated carbocycles. The Hall–Kier alpha value is -0.160. The molecule has 18 heavy (non-hydrogen) atoms. The first-order valence-corrected chi connectivity index (χ1v) is 7.08. The van der Waals surface area contributed by atoms with Gasteiger partial charge in [-0.2, -0.15) is 0 Å². The molecule has 0 bridgehead atoms. The van der Waals surface area contributed by atoms with Gasteiger partial charge in [0.2, 0.25) is 0 Å². The standard InChI is InChI=1S/C14H29NO3/c1-11(2)15-14(9-16,13-5-6-13)10-17-7-8-18-12(3)4/h11-13,15-16H,5-10H2,1-4H3. The lowest BCUT2D eigenvalue weighted by atomic mass is 9.94. The number of hydrogen-bond donors (Lipinski definition) is 2. The molecule has 1 aliphatic carbocycles. The molecule has 0 aliphatic heterocycles. The van der Waals surface area contributed by atoms with Crippen LogP contribution in [0.15, 0.2) is 0 Å². The SMILES string of the molecule is CC(C)NC(CO)(COCCOC(C)C)C1CC1. The molecule has 0 amide bonds. The fourth-order valence-electron chi connectivity index (χ4n) is 2.31. The highest BCUT2D eigenvalue weighted by atomic mass is 16.5. The monoisotopic (exact) mass is 259 g/mol. The normalized spacial score (nSPS) is 19.5. The Morgan fingerprint density at radius 1 is 1.22 bits per heavy atom. The molecule has 0 aromatic carbocycles. The topological polar surface area (TPSA) is 50.7 Å². The van der Waals surface area contributed by atoms with Crippen LogP contribution in [-0.2, 0) is 9.47 Å². The van der Waals surface area contributed by atoms with Crippen LogP contribution in [0.25, 0.3) is 0 Å². The predicted octanol–water partition coefficient (Wildman–Crippen LogP) is 1.57. The summed E-state index contributed by atoms with van der Waals surface area (Å²) in [5, 5.41) is 13.2. The van der Waals surface area contributed by atoms with E-state index in [1.807, 2.05) is 13.8 Å². The second-order valence-electron chi connectivity index (χ2n) is 5.86. The summed E-state index contributed by atoms with van der Waals surface area (Å²) in [4.78, 5) is 0. The highest BCUT2D eigenvalue weighted by Crippen LogP contribution is 2.40. The van der Waals surface area contributed by atoms with Crippen molar-refractivity contribution in [2.24, 2.45) is 5.92 Å². The van der Waals surface area contributed by atoms with Gasteiger partial charge in [-0.3, -0.25) is 0 Å². The van der Waals surface area contributed by atoms with E-state index in [0.717, 1.165) is 0 Å². The first-order valence-electron chi connectivity index (χ1n) is 7.08. The zero-order valence-corrected chi connectivity index (χ0v) is 12.2. The summed E-state index contributed by atoms with van der Waals surface area (Å²) in [7, 11) is 0. The van der Waals surface area contributed by atoms with Crippen LogP contribution in [0.2, 0.25) is 0 Å². The van der Waals surface area contributed by atoms with E-state index < -0.39 is 0 Å². The molecule has 108 valence electrons. The van der Waals surface area contributed by atoms with Crippen LogP contribution >= 0.6 is 0 Å². The van der Waals surface area contributed by atoms with Crippen molar-refractivity contribution < 1.29 is 14.6 Å². The minimum Gasteiger partial charge on any atom is -0.394 e. The molecule has 4 heteroatoms. The summed E-state index contributed by atoms with van der Waals surface area (Å²) in [6.07, 6.45) is 2.62. The van der Waals surface area contributed by atoms with Gasteiger partial charge in [0.25, 0.3) is 0 Å². The van der Waals surface area contributed by atoms with E-state index in [9.17, 15) is 5.11 Å². The predicted molar refractivity (Wildman–Crippen MR) is 72.7 cm³/mol. The van der Waals surface area contributed by atoms with Crippen molar-refractivity contribution >= 4 is 0 Å². The average molecular weight is 259 g/mol. The molecule has 1 aliphatic rings. The molecular weight excluding hydrogens is 230 g/mol. The molecule has 1 fully saturated rings. The highest BCUT2D eigenvalue weighted by molar-refractivity contribution is 5.01. The molecule has 0 heterocycles. The van der Waals surface area contributed by atoms with Crippen molar-refractivity contribution in [3.05, 3.63) is 0 Å². The van der Waals surface area contributed by atoms with Crippen LogP contribution < -0.4 is 5.32 Å². The third-order valence-electron chi connectivity index (χ3n) is 3.26. The van der Waals surface area contributed by atoms with E-state index in [-0.39, 0.29) is 18.2 Å². The van der Waals surface area contributed by atoms with Crippen LogP contribution in [0.3, 0.4) is 0 Å². The van der Waals surface area contributed by atoms with Gasteiger partial charge in [-0.15, -0.1) is 0 Å². The molecule has 4 nitrogen and oxygen atoms in total. The first kappa shape index (κ1) is 15.9. The van der Waals surface area contributed by atoms with Gasteiger partial charge in [-0.05, 0) is 32.6 Å². The number of nitrogens with one attached hydrogen (secondary N) is 1. The Kier molecular flexibility index (Phi) is 6.57. The Labute approximate surface area is 111 Å². The van der Waals surface area contributed by atoms with Crippen LogP contribution in [-0.4, -0.2) is 49.2 Å². The van der Waals surface area contributed by atoms with Crippen molar-refractivity contribution in [2.45, 2.75) is 58.2 Å². The van der Waals surface area contributed by atoms with Crippen LogP contribution in [0, 0.1) is 5.92 Å². The molecule has 1 atom stereocenters. The van der Waals surface area contributed by atoms with Gasteiger partial charge in [0.1, 0.15) is 0 Å². The summed E-state index contributed by atoms with van der Waals surface area (Å²) >= 11 is 0. The van der Waals surface area contributed by atoms with E-state index in [2.05, 4.69) is 19.2 Å². The largest absolute Gasteiger partial charge is 0.394 e. The van der Waals surface area contributed by atoms with Gasteiger partial charge in [0, 0.05) is 6.04 Å². The summed E-state index contributed by atoms with van der Waals surface area (Å²) in [5.41, 5.74) is -0.258. The number of aliphatic hydroxyl groups is 1. The van der Waals surface area contributed by atoms with Crippen LogP contribution in [0.1, 0.15) is 40.5 Å². The van der Waals surface area contributed by atoms with Crippen molar-refractivity contribution in [1.29, 1.82) is 0 Å². The minimum atomic E-state index is -0.258. The lowest BCUT2D eigenvalue weighted by Gasteiger charge is -2.35. The number of rotatable bonds is 10. The van der Waals surface area contributed by atoms with Gasteiger partial charge in [-0.25, -0.2) is 0 Å². The summed E-state index contributed by atoms with van der Waals surface area (Å²) in [6, 6.07) is 0.355. The maximum Gasteiger partial charge on any atom is 0.0703 e. The third-order valence-corrected chi connectivity index (χ3v) is 3.26. The van der Waals surface area contributed by atoms with Crippen LogP contribution in [0.5, 0.6) is 0 Å². The molecule has 0 aromatic rings. The molecular formula is C14H29NO3. The molecule has 1 rings (SSSR count). The Bertz CT molecular complexity index is 229. The zero-order chi connectivity index (χ0) is 13.6. The van der Waals surface area contributed by atoms with Gasteiger partial charge >= 0.3 is 0 Å². The lowest BCUT2D eigenvalue weighted by Crippen LogP contribution is -2.56. The van der Waals surface area contributed by atoms with E-state index in [0.29, 0.717) is 31.8 Å². The fraction of sp³-hybridized carbons (Fsp3) is 1.00. The second-order valence-corrected chi connectivity index (χ2v) is 5.86. The average Bonchev–Trinajstić information content (AvgIpc) is 3.10. The summed E-state index contributed by atoms with van der Waals surface area (Å²) in [6.45, 7) is 10.2. The van der Waals surface area contributed by atoms with Crippen molar-refractivity contribution in [1.82, 2.24) is 5.32 Å². The zero-order valence-electron chi connectivity index (χ0n) is 12.2. The van der Waals surface area contributed by atoms with Gasteiger partial charge in [0.05, 0.1) is 38.1 Å². The summed E-state index contributed by atoms with van der Waals surface area (Å²) in [5.74, 6) is 0.552. The molecule has 1 unspecified atom stereocenters. The maximum atomic E-state index is 9.71. The number of aliphatic hydroxyl groups excluding tert-OH is 1. The first-order chi connectivity index (χ1) is 8.50. The van der Waals surface area contributed by atoms with E-state index in [1.165, 1.54) is 12.8 Å². The Morgan fingerprint density at radius 3 is 2.33 bits per heavy atom. The van der Waals surface area contributed by atoms with Gasteiger partial charge in [0.15, 0.2) is 0 Å². The van der Waals surface area contributed by atoms with Crippen molar-refractivity contribution in [3.63, 3.8) is 0 Å². The lowest BCUT2D eigenvalue weighted by molar-refractivity contribution is -0.0188. The van der Waals surface area contributed by atoms with Crippen molar-refractivity contribution in [3.8, 4) is 0 Å². The molecule has 0 radical (unpaired) electrons. The smallest absolute Gasteiger partial charge is 0.0703 e. The van der Waals surface area contributed by atoms with Gasteiger partial charge < -0.3 is 19.9 Å². The second kappa shape index (κ2) is 7.43. The minimum absolute atomic E-state index is 0.140. The van der Waals surface area contributed by atoms with Crippen LogP contribution in [0.4, 0.5) is 0 Å². The van der Waals surface area contributed by atoms with Crippen molar-refractivity contribution in [2.75, 3.05) is 26.4 Å². The third kappa shape index (κ3) is 5.22. The van der Waals surface area contributed by atoms with E-state index >= 15 is 0 Å². The molecule has 0 aromatic heterocycles. The maximum absolute atomic E-state index is 9.71. The summed E-state index contributed by atoms with van der Waals surface area (Å²) < 4.78 is 11.1. The van der Waals surface area contributed by atoms with E-state index in [1.54, 1.807) is 0 Å². The molecule has 0 saturated heterocycles. The van der Waals surface area contributed by atoms with Gasteiger partial charge in [-0.1, -0.05) is 13.8 Å². The molecule has 2 N–H and O–H groups in total. The van der Waals surface area contributed by atoms with E-state index in [4.69, 9.17) is 9.47 Å². The quantitative estimate of drug-likeness (QED) is 0.585. The number of ether oxygens (including phenoxy) is 2. The molecule has 0 spiro atoms.